The van der Waals surface area contributed by atoms with Crippen molar-refractivity contribution in [3.8, 4) is 11.3 Å². The Bertz CT molecular complexity index is 754. The molecule has 0 aliphatic heterocycles. The van der Waals surface area contributed by atoms with E-state index in [4.69, 9.17) is 16.4 Å². The third kappa shape index (κ3) is 3.09. The summed E-state index contributed by atoms with van der Waals surface area (Å²) in [6.07, 6.45) is 1.53. The van der Waals surface area contributed by atoms with Crippen molar-refractivity contribution in [2.24, 2.45) is 0 Å². The largest absolute Gasteiger partial charge is 0.365 e. The lowest BCUT2D eigenvalue weighted by Crippen LogP contribution is -2.20. The van der Waals surface area contributed by atoms with E-state index in [0.717, 1.165) is 10.4 Å². The summed E-state index contributed by atoms with van der Waals surface area (Å²) in [6.45, 7) is 0. The quantitative estimate of drug-likeness (QED) is 0.698. The molecule has 0 unspecified atom stereocenters. The number of rotatable bonds is 3. The van der Waals surface area contributed by atoms with Crippen molar-refractivity contribution < 1.29 is 9.63 Å². The van der Waals surface area contributed by atoms with Crippen LogP contribution in [0.4, 0.5) is 0 Å². The predicted molar refractivity (Wildman–Crippen MR) is 77.8 cm³/mol. The zero-order valence-corrected chi connectivity index (χ0v) is 11.6. The SMILES string of the molecule is O=C(On1cc(-c2ccc(Cl)cc2)nn1)c1ccccc1. The van der Waals surface area contributed by atoms with Crippen molar-refractivity contribution in [1.29, 1.82) is 0 Å². The van der Waals surface area contributed by atoms with Crippen molar-refractivity contribution in [2.75, 3.05) is 0 Å². The van der Waals surface area contributed by atoms with E-state index in [2.05, 4.69) is 10.3 Å². The first kappa shape index (κ1) is 13.3. The molecule has 0 fully saturated rings. The lowest BCUT2D eigenvalue weighted by molar-refractivity contribution is 0.0384. The van der Waals surface area contributed by atoms with Crippen molar-refractivity contribution >= 4 is 17.6 Å². The maximum absolute atomic E-state index is 11.9. The van der Waals surface area contributed by atoms with Gasteiger partial charge in [-0.05, 0) is 29.5 Å². The van der Waals surface area contributed by atoms with Gasteiger partial charge in [0.15, 0.2) is 0 Å². The van der Waals surface area contributed by atoms with Crippen molar-refractivity contribution in [3.05, 3.63) is 71.4 Å². The van der Waals surface area contributed by atoms with Crippen molar-refractivity contribution in [1.82, 2.24) is 15.2 Å². The van der Waals surface area contributed by atoms with Gasteiger partial charge in [0.2, 0.25) is 0 Å². The van der Waals surface area contributed by atoms with Gasteiger partial charge in [-0.1, -0.05) is 46.8 Å². The van der Waals surface area contributed by atoms with Gasteiger partial charge >= 0.3 is 5.97 Å². The van der Waals surface area contributed by atoms with E-state index in [1.807, 2.05) is 18.2 Å². The Morgan fingerprint density at radius 3 is 2.48 bits per heavy atom. The number of aromatic nitrogens is 3. The molecule has 0 aliphatic carbocycles. The van der Waals surface area contributed by atoms with E-state index in [1.165, 1.54) is 6.20 Å². The Kier molecular flexibility index (Phi) is 3.66. The van der Waals surface area contributed by atoms with Gasteiger partial charge in [0.05, 0.1) is 11.8 Å². The highest BCUT2D eigenvalue weighted by molar-refractivity contribution is 6.30. The van der Waals surface area contributed by atoms with Crippen LogP contribution in [0.25, 0.3) is 11.3 Å². The van der Waals surface area contributed by atoms with E-state index in [-0.39, 0.29) is 0 Å². The van der Waals surface area contributed by atoms with Crippen LogP contribution < -0.4 is 4.84 Å². The van der Waals surface area contributed by atoms with Gasteiger partial charge in [0.1, 0.15) is 5.69 Å². The van der Waals surface area contributed by atoms with Crippen LogP contribution in [0.3, 0.4) is 0 Å². The molecule has 1 heterocycles. The summed E-state index contributed by atoms with van der Waals surface area (Å²) in [7, 11) is 0. The Hall–Kier alpha value is -2.66. The van der Waals surface area contributed by atoms with Crippen molar-refractivity contribution in [2.45, 2.75) is 0 Å². The topological polar surface area (TPSA) is 57.0 Å². The van der Waals surface area contributed by atoms with Crippen LogP contribution in [0.2, 0.25) is 5.02 Å². The average Bonchev–Trinajstić information content (AvgIpc) is 2.97. The highest BCUT2D eigenvalue weighted by atomic mass is 35.5. The minimum atomic E-state index is -0.497. The molecular formula is C15H10ClN3O2. The molecule has 21 heavy (non-hydrogen) atoms. The second-order valence-corrected chi connectivity index (χ2v) is 4.69. The van der Waals surface area contributed by atoms with E-state index >= 15 is 0 Å². The third-order valence-corrected chi connectivity index (χ3v) is 3.05. The monoisotopic (exact) mass is 299 g/mol. The van der Waals surface area contributed by atoms with Gasteiger partial charge < -0.3 is 4.84 Å². The molecule has 3 rings (SSSR count). The molecular weight excluding hydrogens is 290 g/mol. The summed E-state index contributed by atoms with van der Waals surface area (Å²) in [5, 5.41) is 8.37. The Labute approximate surface area is 125 Å². The van der Waals surface area contributed by atoms with E-state index in [0.29, 0.717) is 16.3 Å². The van der Waals surface area contributed by atoms with Gasteiger partial charge in [-0.15, -0.1) is 5.10 Å². The van der Waals surface area contributed by atoms with Crippen LogP contribution in [-0.4, -0.2) is 21.1 Å². The smallest absolute Gasteiger partial charge is 0.312 e. The molecule has 104 valence electrons. The zero-order valence-electron chi connectivity index (χ0n) is 10.8. The van der Waals surface area contributed by atoms with E-state index in [9.17, 15) is 4.79 Å². The summed E-state index contributed by atoms with van der Waals surface area (Å²) in [5.41, 5.74) is 1.87. The first-order valence-corrected chi connectivity index (χ1v) is 6.56. The lowest BCUT2D eigenvalue weighted by Gasteiger charge is -2.01. The fourth-order valence-corrected chi connectivity index (χ4v) is 1.88. The normalized spacial score (nSPS) is 10.3. The number of hydrogen-bond acceptors (Lipinski definition) is 4. The minimum absolute atomic E-state index is 0.445. The van der Waals surface area contributed by atoms with Crippen molar-refractivity contribution in [3.63, 3.8) is 0 Å². The molecule has 1 aromatic heterocycles. The second-order valence-electron chi connectivity index (χ2n) is 4.26. The van der Waals surface area contributed by atoms with Gasteiger partial charge in [0, 0.05) is 10.6 Å². The second kappa shape index (κ2) is 5.76. The molecule has 0 amide bonds. The highest BCUT2D eigenvalue weighted by Gasteiger charge is 2.10. The maximum Gasteiger partial charge on any atom is 0.365 e. The van der Waals surface area contributed by atoms with Crippen LogP contribution in [0.5, 0.6) is 0 Å². The van der Waals surface area contributed by atoms with Crippen LogP contribution >= 0.6 is 11.6 Å². The molecule has 6 heteroatoms. The van der Waals surface area contributed by atoms with Crippen LogP contribution in [0.15, 0.2) is 60.8 Å². The molecule has 0 N–H and O–H groups in total. The van der Waals surface area contributed by atoms with Gasteiger partial charge in [-0.25, -0.2) is 4.79 Å². The van der Waals surface area contributed by atoms with E-state index < -0.39 is 5.97 Å². The minimum Gasteiger partial charge on any atom is -0.312 e. The van der Waals surface area contributed by atoms with Gasteiger partial charge in [-0.3, -0.25) is 0 Å². The molecule has 0 atom stereocenters. The third-order valence-electron chi connectivity index (χ3n) is 2.80. The highest BCUT2D eigenvalue weighted by Crippen LogP contribution is 2.18. The number of halogens is 1. The predicted octanol–water partition coefficient (Wildman–Crippen LogP) is 2.87. The molecule has 2 aromatic carbocycles. The molecule has 0 saturated heterocycles. The average molecular weight is 300 g/mol. The van der Waals surface area contributed by atoms with Crippen LogP contribution in [0.1, 0.15) is 10.4 Å². The lowest BCUT2D eigenvalue weighted by atomic mass is 10.2. The molecule has 5 nitrogen and oxygen atoms in total. The van der Waals surface area contributed by atoms with Crippen LogP contribution in [-0.2, 0) is 0 Å². The Morgan fingerprint density at radius 1 is 1.05 bits per heavy atom. The maximum atomic E-state index is 11.9. The summed E-state index contributed by atoms with van der Waals surface area (Å²) in [4.78, 5) is 18.0. The number of benzene rings is 2. The first-order valence-electron chi connectivity index (χ1n) is 6.18. The fourth-order valence-electron chi connectivity index (χ4n) is 1.76. The summed E-state index contributed by atoms with van der Waals surface area (Å²) < 4.78 is 0. The molecule has 0 aliphatic rings. The Morgan fingerprint density at radius 2 is 1.76 bits per heavy atom. The molecule has 0 radical (unpaired) electrons. The number of carbonyl (C=O) groups is 1. The number of nitrogens with zero attached hydrogens (tertiary/aromatic N) is 3. The Balaban J connectivity index is 1.76. The molecule has 0 spiro atoms. The van der Waals surface area contributed by atoms with Gasteiger partial charge in [-0.2, -0.15) is 0 Å². The standard InChI is InChI=1S/C15H10ClN3O2/c16-13-8-6-11(7-9-13)14-10-19(18-17-14)21-15(20)12-4-2-1-3-5-12/h1-10H. The van der Waals surface area contributed by atoms with Gasteiger partial charge in [0.25, 0.3) is 0 Å². The zero-order chi connectivity index (χ0) is 14.7. The van der Waals surface area contributed by atoms with Crippen LogP contribution in [0, 0.1) is 0 Å². The first-order chi connectivity index (χ1) is 10.2. The number of carbonyl (C=O) groups excluding carboxylic acids is 1. The molecule has 0 saturated carbocycles. The summed E-state index contributed by atoms with van der Waals surface area (Å²) in [6, 6.07) is 15.8. The molecule has 0 bridgehead atoms. The van der Waals surface area contributed by atoms with E-state index in [1.54, 1.807) is 36.4 Å². The summed E-state index contributed by atoms with van der Waals surface area (Å²) in [5.74, 6) is -0.497. The number of hydrogen-bond donors (Lipinski definition) is 0. The summed E-state index contributed by atoms with van der Waals surface area (Å²) >= 11 is 5.83. The fraction of sp³-hybridized carbons (Fsp3) is 0. The molecule has 3 aromatic rings.